The average Bonchev–Trinajstić information content (AvgIpc) is 3.12. The zero-order valence-electron chi connectivity index (χ0n) is 16.9. The summed E-state index contributed by atoms with van der Waals surface area (Å²) in [5, 5.41) is 6.29. The monoisotopic (exact) mass is 391 g/mol. The van der Waals surface area contributed by atoms with E-state index in [1.807, 2.05) is 69.3 Å². The predicted molar refractivity (Wildman–Crippen MR) is 110 cm³/mol. The van der Waals surface area contributed by atoms with Gasteiger partial charge in [0.05, 0.1) is 17.5 Å². The number of furan rings is 1. The van der Waals surface area contributed by atoms with Gasteiger partial charge in [0.25, 0.3) is 11.8 Å². The van der Waals surface area contributed by atoms with Gasteiger partial charge in [-0.3, -0.25) is 9.59 Å². The molecule has 0 bridgehead atoms. The maximum Gasteiger partial charge on any atom is 0.257 e. The number of carbonyl (C=O) groups is 2. The number of nitrogens with zero attached hydrogens (tertiary/aromatic N) is 1. The van der Waals surface area contributed by atoms with E-state index in [0.29, 0.717) is 30.1 Å². The Bertz CT molecular complexity index is 996. The first-order valence-electron chi connectivity index (χ1n) is 9.74. The third kappa shape index (κ3) is 3.70. The molecule has 6 nitrogen and oxygen atoms in total. The number of fused-ring (bicyclic) bond motifs is 2. The zero-order valence-corrected chi connectivity index (χ0v) is 16.9. The van der Waals surface area contributed by atoms with Crippen LogP contribution in [0.15, 0.2) is 64.8 Å². The van der Waals surface area contributed by atoms with Gasteiger partial charge in [-0.15, -0.1) is 0 Å². The Morgan fingerprint density at radius 1 is 1.24 bits per heavy atom. The minimum atomic E-state index is -0.868. The summed E-state index contributed by atoms with van der Waals surface area (Å²) in [4.78, 5) is 28.5. The smallest absolute Gasteiger partial charge is 0.257 e. The number of hydrogen-bond donors (Lipinski definition) is 2. The zero-order chi connectivity index (χ0) is 20.6. The van der Waals surface area contributed by atoms with E-state index in [4.69, 9.17) is 4.42 Å². The van der Waals surface area contributed by atoms with Gasteiger partial charge >= 0.3 is 0 Å². The number of amides is 2. The molecule has 2 amide bonds. The standard InChI is InChI=1S/C23H25N3O3/c1-23(2,3)25-21(27)19-20-16(11-13-29-20)18-17(10-7-12-24-18)22(28)26(19)14-15-8-5-4-6-9-15/h4-11,13,19,24H,12,14H2,1-3H3,(H,25,27). The van der Waals surface area contributed by atoms with Crippen LogP contribution in [0.5, 0.6) is 0 Å². The van der Waals surface area contributed by atoms with Crippen molar-refractivity contribution in [2.24, 2.45) is 0 Å². The molecular weight excluding hydrogens is 366 g/mol. The van der Waals surface area contributed by atoms with E-state index in [2.05, 4.69) is 10.6 Å². The van der Waals surface area contributed by atoms with Crippen LogP contribution >= 0.6 is 0 Å². The molecule has 0 fully saturated rings. The largest absolute Gasteiger partial charge is 0.466 e. The number of carbonyl (C=O) groups excluding carboxylic acids is 2. The van der Waals surface area contributed by atoms with E-state index >= 15 is 0 Å². The molecular formula is C23H25N3O3. The van der Waals surface area contributed by atoms with Crippen molar-refractivity contribution in [3.8, 4) is 0 Å². The molecule has 3 heterocycles. The lowest BCUT2D eigenvalue weighted by atomic mass is 10.0. The number of rotatable bonds is 3. The van der Waals surface area contributed by atoms with Crippen LogP contribution in [0.3, 0.4) is 0 Å². The van der Waals surface area contributed by atoms with Crippen LogP contribution in [-0.4, -0.2) is 28.8 Å². The molecule has 2 N–H and O–H groups in total. The van der Waals surface area contributed by atoms with Crippen LogP contribution < -0.4 is 10.6 Å². The van der Waals surface area contributed by atoms with E-state index in [1.165, 1.54) is 0 Å². The van der Waals surface area contributed by atoms with Crippen molar-refractivity contribution in [3.63, 3.8) is 0 Å². The number of dihydropyridines is 1. The molecule has 150 valence electrons. The fraction of sp³-hybridized carbons (Fsp3) is 0.304. The van der Waals surface area contributed by atoms with Crippen LogP contribution in [0, 0.1) is 0 Å². The SMILES string of the molecule is CC(C)(C)NC(=O)C1c2occc2C2=C(C=CCN2)C(=O)N1Cc1ccccc1. The Morgan fingerprint density at radius 3 is 2.72 bits per heavy atom. The average molecular weight is 391 g/mol. The number of hydrogen-bond acceptors (Lipinski definition) is 4. The highest BCUT2D eigenvalue weighted by atomic mass is 16.3. The first-order valence-corrected chi connectivity index (χ1v) is 9.74. The molecule has 29 heavy (non-hydrogen) atoms. The molecule has 2 aliphatic rings. The van der Waals surface area contributed by atoms with Crippen LogP contribution in [0.1, 0.15) is 43.7 Å². The van der Waals surface area contributed by atoms with E-state index in [-0.39, 0.29) is 11.8 Å². The second-order valence-electron chi connectivity index (χ2n) is 8.33. The quantitative estimate of drug-likeness (QED) is 0.843. The second-order valence-corrected chi connectivity index (χ2v) is 8.33. The van der Waals surface area contributed by atoms with Crippen molar-refractivity contribution < 1.29 is 14.0 Å². The minimum Gasteiger partial charge on any atom is -0.466 e. The lowest BCUT2D eigenvalue weighted by Crippen LogP contribution is -2.49. The van der Waals surface area contributed by atoms with Gasteiger partial charge in [-0.05, 0) is 38.5 Å². The van der Waals surface area contributed by atoms with Gasteiger partial charge in [0.2, 0.25) is 0 Å². The normalized spacial score (nSPS) is 18.7. The fourth-order valence-corrected chi connectivity index (χ4v) is 3.73. The van der Waals surface area contributed by atoms with Crippen molar-refractivity contribution in [2.45, 2.75) is 38.9 Å². The predicted octanol–water partition coefficient (Wildman–Crippen LogP) is 3.15. The number of nitrogens with one attached hydrogen (secondary N) is 2. The summed E-state index contributed by atoms with van der Waals surface area (Å²) >= 11 is 0. The molecule has 1 unspecified atom stereocenters. The van der Waals surface area contributed by atoms with Gasteiger partial charge in [0, 0.05) is 24.2 Å². The third-order valence-corrected chi connectivity index (χ3v) is 4.91. The number of benzene rings is 1. The lowest BCUT2D eigenvalue weighted by molar-refractivity contribution is -0.140. The van der Waals surface area contributed by atoms with Crippen molar-refractivity contribution in [1.29, 1.82) is 0 Å². The molecule has 0 saturated heterocycles. The van der Waals surface area contributed by atoms with Crippen LogP contribution in [0.2, 0.25) is 0 Å². The molecule has 6 heteroatoms. The summed E-state index contributed by atoms with van der Waals surface area (Å²) in [7, 11) is 0. The topological polar surface area (TPSA) is 74.6 Å². The summed E-state index contributed by atoms with van der Waals surface area (Å²) in [6, 6.07) is 10.6. The maximum atomic E-state index is 13.6. The van der Waals surface area contributed by atoms with Crippen molar-refractivity contribution in [3.05, 3.63) is 77.3 Å². The third-order valence-electron chi connectivity index (χ3n) is 4.91. The van der Waals surface area contributed by atoms with E-state index in [1.54, 1.807) is 11.2 Å². The van der Waals surface area contributed by atoms with Gasteiger partial charge < -0.3 is 20.0 Å². The highest BCUT2D eigenvalue weighted by Crippen LogP contribution is 2.37. The highest BCUT2D eigenvalue weighted by Gasteiger charge is 2.41. The van der Waals surface area contributed by atoms with Crippen LogP contribution in [0.4, 0.5) is 0 Å². The van der Waals surface area contributed by atoms with Crippen LogP contribution in [-0.2, 0) is 16.1 Å². The van der Waals surface area contributed by atoms with Crippen LogP contribution in [0.25, 0.3) is 5.70 Å². The summed E-state index contributed by atoms with van der Waals surface area (Å²) in [6.07, 6.45) is 5.31. The van der Waals surface area contributed by atoms with Gasteiger partial charge in [-0.25, -0.2) is 0 Å². The van der Waals surface area contributed by atoms with Crippen molar-refractivity contribution in [1.82, 2.24) is 15.5 Å². The van der Waals surface area contributed by atoms with E-state index < -0.39 is 11.6 Å². The Kier molecular flexibility index (Phi) is 4.78. The van der Waals surface area contributed by atoms with Gasteiger partial charge in [-0.2, -0.15) is 0 Å². The summed E-state index contributed by atoms with van der Waals surface area (Å²) in [5.74, 6) is 0.0124. The molecule has 0 saturated carbocycles. The Hall–Kier alpha value is -3.28. The minimum absolute atomic E-state index is 0.201. The van der Waals surface area contributed by atoms with E-state index in [0.717, 1.165) is 11.1 Å². The first-order chi connectivity index (χ1) is 13.8. The molecule has 4 rings (SSSR count). The Balaban J connectivity index is 1.84. The summed E-state index contributed by atoms with van der Waals surface area (Å²) < 4.78 is 5.80. The first kappa shape index (κ1) is 19.1. The fourth-order valence-electron chi connectivity index (χ4n) is 3.73. The molecule has 2 aliphatic heterocycles. The summed E-state index contributed by atoms with van der Waals surface area (Å²) in [5.41, 5.74) is 2.51. The van der Waals surface area contributed by atoms with Crippen molar-refractivity contribution >= 4 is 17.5 Å². The van der Waals surface area contributed by atoms with Gasteiger partial charge in [-0.1, -0.05) is 36.4 Å². The molecule has 2 aromatic rings. The van der Waals surface area contributed by atoms with Crippen molar-refractivity contribution in [2.75, 3.05) is 6.54 Å². The maximum absolute atomic E-state index is 13.6. The highest BCUT2D eigenvalue weighted by molar-refractivity contribution is 6.07. The lowest BCUT2D eigenvalue weighted by Gasteiger charge is -2.32. The molecule has 0 aliphatic carbocycles. The molecule has 1 atom stereocenters. The molecule has 0 radical (unpaired) electrons. The molecule has 0 spiro atoms. The summed E-state index contributed by atoms with van der Waals surface area (Å²) in [6.45, 7) is 6.67. The van der Waals surface area contributed by atoms with Gasteiger partial charge in [0.1, 0.15) is 5.76 Å². The van der Waals surface area contributed by atoms with E-state index in [9.17, 15) is 9.59 Å². The Morgan fingerprint density at radius 2 is 2.00 bits per heavy atom. The van der Waals surface area contributed by atoms with Gasteiger partial charge in [0.15, 0.2) is 6.04 Å². The molecule has 1 aromatic carbocycles. The second kappa shape index (κ2) is 7.28. The molecule has 1 aromatic heterocycles. The Labute approximate surface area is 170 Å².